The third kappa shape index (κ3) is 2.50. The van der Waals surface area contributed by atoms with E-state index in [1.165, 1.54) is 0 Å². The predicted octanol–water partition coefficient (Wildman–Crippen LogP) is 1.32. The highest BCUT2D eigenvalue weighted by Crippen LogP contribution is 2.23. The largest absolute Gasteiger partial charge is 0.363 e. The van der Waals surface area contributed by atoms with Gasteiger partial charge in [-0.2, -0.15) is 0 Å². The molecular formula is C12H20N4. The zero-order valence-corrected chi connectivity index (χ0v) is 10.3. The van der Waals surface area contributed by atoms with Crippen LogP contribution in [0.4, 0.5) is 5.82 Å². The van der Waals surface area contributed by atoms with Gasteiger partial charge in [-0.15, -0.1) is 0 Å². The molecule has 0 saturated carbocycles. The van der Waals surface area contributed by atoms with Crippen LogP contribution in [0.2, 0.25) is 0 Å². The smallest absolute Gasteiger partial charge is 0.134 e. The maximum atomic E-state index is 4.64. The van der Waals surface area contributed by atoms with Crippen molar-refractivity contribution in [1.29, 1.82) is 0 Å². The van der Waals surface area contributed by atoms with E-state index in [4.69, 9.17) is 0 Å². The molecule has 1 saturated heterocycles. The summed E-state index contributed by atoms with van der Waals surface area (Å²) < 4.78 is 0. The van der Waals surface area contributed by atoms with Crippen LogP contribution in [0.1, 0.15) is 30.3 Å². The van der Waals surface area contributed by atoms with Crippen molar-refractivity contribution in [1.82, 2.24) is 15.3 Å². The minimum atomic E-state index is 0.528. The lowest BCUT2D eigenvalue weighted by Gasteiger charge is -2.22. The zero-order valence-electron chi connectivity index (χ0n) is 10.3. The normalized spacial score (nSPS) is 17.4. The summed E-state index contributed by atoms with van der Waals surface area (Å²) >= 11 is 0. The van der Waals surface area contributed by atoms with Crippen LogP contribution in [-0.2, 0) is 0 Å². The number of aryl methyl sites for hydroxylation is 1. The highest BCUT2D eigenvalue weighted by Gasteiger charge is 2.18. The van der Waals surface area contributed by atoms with Crippen LogP contribution < -0.4 is 10.2 Å². The Morgan fingerprint density at radius 1 is 1.25 bits per heavy atom. The van der Waals surface area contributed by atoms with Crippen molar-refractivity contribution in [2.24, 2.45) is 0 Å². The minimum Gasteiger partial charge on any atom is -0.363 e. The van der Waals surface area contributed by atoms with Gasteiger partial charge in [-0.05, 0) is 32.9 Å². The second-order valence-corrected chi connectivity index (χ2v) is 4.64. The molecule has 0 aromatic carbocycles. The quantitative estimate of drug-likeness (QED) is 0.816. The number of nitrogens with zero attached hydrogens (tertiary/aromatic N) is 3. The van der Waals surface area contributed by atoms with E-state index in [0.29, 0.717) is 5.92 Å². The monoisotopic (exact) mass is 220 g/mol. The Labute approximate surface area is 97.1 Å². The average molecular weight is 220 g/mol. The molecule has 4 nitrogen and oxygen atoms in total. The molecule has 88 valence electrons. The van der Waals surface area contributed by atoms with Gasteiger partial charge >= 0.3 is 0 Å². The molecule has 4 heteroatoms. The van der Waals surface area contributed by atoms with Crippen LogP contribution >= 0.6 is 0 Å². The molecule has 1 N–H and O–H groups in total. The van der Waals surface area contributed by atoms with E-state index in [2.05, 4.69) is 15.3 Å². The summed E-state index contributed by atoms with van der Waals surface area (Å²) in [6, 6.07) is 2.03. The highest BCUT2D eigenvalue weighted by atomic mass is 15.1. The van der Waals surface area contributed by atoms with Crippen LogP contribution in [0.25, 0.3) is 0 Å². The predicted molar refractivity (Wildman–Crippen MR) is 65.9 cm³/mol. The van der Waals surface area contributed by atoms with Crippen molar-refractivity contribution >= 4 is 5.82 Å². The fourth-order valence-electron chi connectivity index (χ4n) is 2.07. The van der Waals surface area contributed by atoms with Gasteiger partial charge in [0.25, 0.3) is 0 Å². The van der Waals surface area contributed by atoms with E-state index in [9.17, 15) is 0 Å². The lowest BCUT2D eigenvalue weighted by Crippen LogP contribution is -2.28. The Bertz CT molecular complexity index is 356. The molecule has 1 aliphatic rings. The van der Waals surface area contributed by atoms with Crippen molar-refractivity contribution in [3.05, 3.63) is 17.6 Å². The summed E-state index contributed by atoms with van der Waals surface area (Å²) in [6.07, 6.45) is 2.30. The topological polar surface area (TPSA) is 41.1 Å². The number of piperidine rings is 1. The number of nitrogens with one attached hydrogen (secondary N) is 1. The zero-order chi connectivity index (χ0) is 11.5. The fraction of sp³-hybridized carbons (Fsp3) is 0.667. The summed E-state index contributed by atoms with van der Waals surface area (Å²) in [7, 11) is 4.04. The number of aromatic nitrogens is 2. The standard InChI is InChI=1S/C12H20N4/c1-9-8-11(16(2)3)15-12(14-9)10-4-6-13-7-5-10/h8,10,13H,4-7H2,1-3H3. The van der Waals surface area contributed by atoms with Gasteiger partial charge in [0.1, 0.15) is 11.6 Å². The molecule has 2 rings (SSSR count). The SMILES string of the molecule is Cc1cc(N(C)C)nc(C2CCNCC2)n1. The number of hydrogen-bond acceptors (Lipinski definition) is 4. The maximum Gasteiger partial charge on any atom is 0.134 e. The van der Waals surface area contributed by atoms with E-state index in [0.717, 1.165) is 43.3 Å². The molecule has 16 heavy (non-hydrogen) atoms. The Morgan fingerprint density at radius 3 is 2.56 bits per heavy atom. The number of hydrogen-bond donors (Lipinski definition) is 1. The van der Waals surface area contributed by atoms with Crippen LogP contribution in [0, 0.1) is 6.92 Å². The number of anilines is 1. The van der Waals surface area contributed by atoms with Crippen LogP contribution in [0.3, 0.4) is 0 Å². The van der Waals surface area contributed by atoms with Gasteiger partial charge in [0, 0.05) is 31.8 Å². The molecule has 0 bridgehead atoms. The van der Waals surface area contributed by atoms with Gasteiger partial charge in [0.15, 0.2) is 0 Å². The van der Waals surface area contributed by atoms with Crippen molar-refractivity contribution < 1.29 is 0 Å². The molecule has 1 aromatic rings. The summed E-state index contributed by atoms with van der Waals surface area (Å²) in [4.78, 5) is 11.3. The van der Waals surface area contributed by atoms with E-state index in [-0.39, 0.29) is 0 Å². The van der Waals surface area contributed by atoms with E-state index in [1.807, 2.05) is 32.0 Å². The van der Waals surface area contributed by atoms with E-state index in [1.54, 1.807) is 0 Å². The molecule has 0 aliphatic carbocycles. The summed E-state index contributed by atoms with van der Waals surface area (Å²) in [5, 5.41) is 3.37. The van der Waals surface area contributed by atoms with Crippen molar-refractivity contribution in [2.45, 2.75) is 25.7 Å². The second kappa shape index (κ2) is 4.78. The first kappa shape index (κ1) is 11.3. The van der Waals surface area contributed by atoms with Gasteiger partial charge in [-0.3, -0.25) is 0 Å². The molecular weight excluding hydrogens is 200 g/mol. The average Bonchev–Trinajstić information content (AvgIpc) is 2.29. The lowest BCUT2D eigenvalue weighted by atomic mass is 9.97. The minimum absolute atomic E-state index is 0.528. The number of rotatable bonds is 2. The molecule has 1 aromatic heterocycles. The van der Waals surface area contributed by atoms with Gasteiger partial charge in [0.2, 0.25) is 0 Å². The van der Waals surface area contributed by atoms with Gasteiger partial charge in [0.05, 0.1) is 0 Å². The maximum absolute atomic E-state index is 4.64. The highest BCUT2D eigenvalue weighted by molar-refractivity contribution is 5.37. The van der Waals surface area contributed by atoms with Gasteiger partial charge in [-0.1, -0.05) is 0 Å². The van der Waals surface area contributed by atoms with Crippen molar-refractivity contribution in [3.63, 3.8) is 0 Å². The van der Waals surface area contributed by atoms with Gasteiger partial charge < -0.3 is 10.2 Å². The Balaban J connectivity index is 2.25. The molecule has 1 fully saturated rings. The van der Waals surface area contributed by atoms with Crippen LogP contribution in [0.15, 0.2) is 6.07 Å². The van der Waals surface area contributed by atoms with Crippen molar-refractivity contribution in [3.8, 4) is 0 Å². The van der Waals surface area contributed by atoms with Crippen LogP contribution in [-0.4, -0.2) is 37.2 Å². The molecule has 0 amide bonds. The third-order valence-corrected chi connectivity index (χ3v) is 3.02. The second-order valence-electron chi connectivity index (χ2n) is 4.64. The van der Waals surface area contributed by atoms with E-state index >= 15 is 0 Å². The Morgan fingerprint density at radius 2 is 1.94 bits per heavy atom. The summed E-state index contributed by atoms with van der Waals surface area (Å²) in [5.74, 6) is 2.56. The molecule has 0 atom stereocenters. The Hall–Kier alpha value is -1.16. The van der Waals surface area contributed by atoms with Crippen LogP contribution in [0.5, 0.6) is 0 Å². The molecule has 0 spiro atoms. The molecule has 1 aliphatic heterocycles. The lowest BCUT2D eigenvalue weighted by molar-refractivity contribution is 0.444. The summed E-state index contributed by atoms with van der Waals surface area (Å²) in [5.41, 5.74) is 1.06. The fourth-order valence-corrected chi connectivity index (χ4v) is 2.07. The first-order valence-electron chi connectivity index (χ1n) is 5.90. The molecule has 0 radical (unpaired) electrons. The molecule has 2 heterocycles. The first-order chi connectivity index (χ1) is 7.66. The third-order valence-electron chi connectivity index (χ3n) is 3.02. The summed E-state index contributed by atoms with van der Waals surface area (Å²) in [6.45, 7) is 4.21. The Kier molecular flexibility index (Phi) is 3.39. The van der Waals surface area contributed by atoms with E-state index < -0.39 is 0 Å². The molecule has 0 unspecified atom stereocenters. The van der Waals surface area contributed by atoms with Gasteiger partial charge in [-0.25, -0.2) is 9.97 Å². The first-order valence-corrected chi connectivity index (χ1v) is 5.90. The van der Waals surface area contributed by atoms with Crippen molar-refractivity contribution in [2.75, 3.05) is 32.1 Å².